The maximum atomic E-state index is 12.6. The molecule has 0 saturated heterocycles. The number of amides is 1. The van der Waals surface area contributed by atoms with Crippen LogP contribution in [0.3, 0.4) is 0 Å². The lowest BCUT2D eigenvalue weighted by Crippen LogP contribution is -2.32. The third-order valence-corrected chi connectivity index (χ3v) is 5.03. The van der Waals surface area contributed by atoms with E-state index in [9.17, 15) is 9.59 Å². The molecule has 0 unspecified atom stereocenters. The Morgan fingerprint density at radius 3 is 3.05 bits per heavy atom. The predicted octanol–water partition coefficient (Wildman–Crippen LogP) is 1.86. The van der Waals surface area contributed by atoms with Crippen molar-refractivity contribution in [1.29, 1.82) is 0 Å². The SMILES string of the molecule is CCCNC(=O)Cn1cnc2sc3c(c2c1=O)CCCC3. The Balaban J connectivity index is 1.96. The van der Waals surface area contributed by atoms with Gasteiger partial charge in [0, 0.05) is 11.4 Å². The van der Waals surface area contributed by atoms with Crippen LogP contribution in [0.2, 0.25) is 0 Å². The van der Waals surface area contributed by atoms with Crippen LogP contribution in [0, 0.1) is 0 Å². The first-order chi connectivity index (χ1) is 10.2. The van der Waals surface area contributed by atoms with E-state index in [1.165, 1.54) is 27.8 Å². The molecular formula is C15H19N3O2S. The number of aryl methyl sites for hydroxylation is 2. The summed E-state index contributed by atoms with van der Waals surface area (Å²) in [6, 6.07) is 0. The predicted molar refractivity (Wildman–Crippen MR) is 83.8 cm³/mol. The fourth-order valence-electron chi connectivity index (χ4n) is 2.77. The van der Waals surface area contributed by atoms with E-state index in [0.29, 0.717) is 6.54 Å². The minimum Gasteiger partial charge on any atom is -0.355 e. The lowest BCUT2D eigenvalue weighted by Gasteiger charge is -2.10. The summed E-state index contributed by atoms with van der Waals surface area (Å²) < 4.78 is 1.43. The molecule has 3 rings (SSSR count). The Labute approximate surface area is 127 Å². The van der Waals surface area contributed by atoms with E-state index in [0.717, 1.165) is 35.9 Å². The summed E-state index contributed by atoms with van der Waals surface area (Å²) in [5, 5.41) is 3.52. The average molecular weight is 305 g/mol. The molecule has 2 aromatic heterocycles. The average Bonchev–Trinajstić information content (AvgIpc) is 2.87. The van der Waals surface area contributed by atoms with Crippen molar-refractivity contribution >= 4 is 27.5 Å². The molecule has 1 aliphatic carbocycles. The van der Waals surface area contributed by atoms with Crippen molar-refractivity contribution in [3.63, 3.8) is 0 Å². The maximum absolute atomic E-state index is 12.6. The molecule has 1 N–H and O–H groups in total. The standard InChI is InChI=1S/C15H19N3O2S/c1-2-7-16-12(19)8-18-9-17-14-13(15(18)20)10-5-3-4-6-11(10)21-14/h9H,2-8H2,1H3,(H,16,19). The number of nitrogens with zero attached hydrogens (tertiary/aromatic N) is 2. The van der Waals surface area contributed by atoms with Crippen molar-refractivity contribution < 1.29 is 4.79 Å². The summed E-state index contributed by atoms with van der Waals surface area (Å²) >= 11 is 1.63. The van der Waals surface area contributed by atoms with Crippen LogP contribution in [0.5, 0.6) is 0 Å². The third kappa shape index (κ3) is 2.72. The smallest absolute Gasteiger partial charge is 0.262 e. The van der Waals surface area contributed by atoms with Crippen LogP contribution in [0.1, 0.15) is 36.6 Å². The second-order valence-electron chi connectivity index (χ2n) is 5.42. The molecule has 0 fully saturated rings. The summed E-state index contributed by atoms with van der Waals surface area (Å²) in [5.74, 6) is -0.135. The highest BCUT2D eigenvalue weighted by Crippen LogP contribution is 2.33. The first-order valence-electron chi connectivity index (χ1n) is 7.47. The largest absolute Gasteiger partial charge is 0.355 e. The summed E-state index contributed by atoms with van der Waals surface area (Å²) in [4.78, 5) is 30.9. The minimum atomic E-state index is -0.135. The van der Waals surface area contributed by atoms with Crippen LogP contribution in [0.25, 0.3) is 10.2 Å². The van der Waals surface area contributed by atoms with Crippen LogP contribution >= 0.6 is 11.3 Å². The van der Waals surface area contributed by atoms with Gasteiger partial charge in [0.2, 0.25) is 5.91 Å². The van der Waals surface area contributed by atoms with Crippen LogP contribution in [-0.4, -0.2) is 22.0 Å². The van der Waals surface area contributed by atoms with Gasteiger partial charge in [0.15, 0.2) is 0 Å². The number of fused-ring (bicyclic) bond motifs is 3. The molecule has 1 amide bonds. The molecule has 0 aromatic carbocycles. The molecule has 6 heteroatoms. The van der Waals surface area contributed by atoms with Crippen molar-refractivity contribution in [2.45, 2.75) is 45.6 Å². The van der Waals surface area contributed by atoms with Gasteiger partial charge in [0.05, 0.1) is 11.7 Å². The van der Waals surface area contributed by atoms with E-state index in [4.69, 9.17) is 0 Å². The highest BCUT2D eigenvalue weighted by molar-refractivity contribution is 7.18. The van der Waals surface area contributed by atoms with Gasteiger partial charge >= 0.3 is 0 Å². The van der Waals surface area contributed by atoms with Crippen molar-refractivity contribution in [3.05, 3.63) is 27.1 Å². The zero-order valence-corrected chi connectivity index (χ0v) is 13.0. The van der Waals surface area contributed by atoms with Crippen LogP contribution in [0.15, 0.2) is 11.1 Å². The number of carbonyl (C=O) groups excluding carboxylic acids is 1. The van der Waals surface area contributed by atoms with Crippen molar-refractivity contribution in [2.24, 2.45) is 0 Å². The monoisotopic (exact) mass is 305 g/mol. The van der Waals surface area contributed by atoms with Crippen molar-refractivity contribution in [2.75, 3.05) is 6.54 Å². The minimum absolute atomic E-state index is 0.0480. The molecule has 0 bridgehead atoms. The molecule has 0 spiro atoms. The summed E-state index contributed by atoms with van der Waals surface area (Å²) in [7, 11) is 0. The molecule has 1 aliphatic rings. The van der Waals surface area contributed by atoms with Gasteiger partial charge in [0.1, 0.15) is 11.4 Å². The van der Waals surface area contributed by atoms with Gasteiger partial charge < -0.3 is 5.32 Å². The second-order valence-corrected chi connectivity index (χ2v) is 6.50. The third-order valence-electron chi connectivity index (χ3n) is 3.83. The molecule has 0 saturated carbocycles. The summed E-state index contributed by atoms with van der Waals surface area (Å²) in [6.07, 6.45) is 6.71. The molecule has 0 atom stereocenters. The number of nitrogens with one attached hydrogen (secondary N) is 1. The Hall–Kier alpha value is -1.69. The number of rotatable bonds is 4. The van der Waals surface area contributed by atoms with Crippen molar-refractivity contribution in [3.8, 4) is 0 Å². The molecule has 112 valence electrons. The summed E-state index contributed by atoms with van der Waals surface area (Å²) in [5.41, 5.74) is 1.09. The highest BCUT2D eigenvalue weighted by Gasteiger charge is 2.20. The van der Waals surface area contributed by atoms with Gasteiger partial charge in [-0.1, -0.05) is 6.92 Å². The number of hydrogen-bond donors (Lipinski definition) is 1. The Kier molecular flexibility index (Phi) is 4.05. The zero-order valence-electron chi connectivity index (χ0n) is 12.1. The van der Waals surface area contributed by atoms with Gasteiger partial charge in [-0.15, -0.1) is 11.3 Å². The fraction of sp³-hybridized carbons (Fsp3) is 0.533. The van der Waals surface area contributed by atoms with Gasteiger partial charge in [-0.2, -0.15) is 0 Å². The molecule has 2 aromatic rings. The van der Waals surface area contributed by atoms with E-state index in [1.807, 2.05) is 6.92 Å². The first-order valence-corrected chi connectivity index (χ1v) is 8.28. The molecule has 2 heterocycles. The molecule has 5 nitrogen and oxygen atoms in total. The zero-order chi connectivity index (χ0) is 14.8. The topological polar surface area (TPSA) is 64.0 Å². The Morgan fingerprint density at radius 1 is 1.43 bits per heavy atom. The first kappa shape index (κ1) is 14.3. The van der Waals surface area contributed by atoms with Gasteiger partial charge in [-0.3, -0.25) is 14.2 Å². The lowest BCUT2D eigenvalue weighted by atomic mass is 9.97. The van der Waals surface area contributed by atoms with E-state index in [1.54, 1.807) is 11.3 Å². The number of hydrogen-bond acceptors (Lipinski definition) is 4. The molecular weight excluding hydrogens is 286 g/mol. The number of thiophene rings is 1. The van der Waals surface area contributed by atoms with Crippen LogP contribution in [0.4, 0.5) is 0 Å². The van der Waals surface area contributed by atoms with Gasteiger partial charge in [0.25, 0.3) is 5.56 Å². The molecule has 0 aliphatic heterocycles. The Morgan fingerprint density at radius 2 is 2.24 bits per heavy atom. The quantitative estimate of drug-likeness (QED) is 0.938. The van der Waals surface area contributed by atoms with Gasteiger partial charge in [-0.05, 0) is 37.7 Å². The maximum Gasteiger partial charge on any atom is 0.262 e. The fourth-order valence-corrected chi connectivity index (χ4v) is 3.99. The van der Waals surface area contributed by atoms with E-state index in [2.05, 4.69) is 10.3 Å². The molecule has 21 heavy (non-hydrogen) atoms. The van der Waals surface area contributed by atoms with Crippen LogP contribution < -0.4 is 10.9 Å². The number of carbonyl (C=O) groups is 1. The Bertz CT molecular complexity index is 732. The summed E-state index contributed by atoms with van der Waals surface area (Å²) in [6.45, 7) is 2.68. The number of aromatic nitrogens is 2. The van der Waals surface area contributed by atoms with E-state index >= 15 is 0 Å². The normalized spacial score (nSPS) is 14.1. The lowest BCUT2D eigenvalue weighted by molar-refractivity contribution is -0.121. The van der Waals surface area contributed by atoms with Crippen LogP contribution in [-0.2, 0) is 24.2 Å². The van der Waals surface area contributed by atoms with E-state index < -0.39 is 0 Å². The van der Waals surface area contributed by atoms with Crippen molar-refractivity contribution in [1.82, 2.24) is 14.9 Å². The van der Waals surface area contributed by atoms with E-state index in [-0.39, 0.29) is 18.0 Å². The van der Waals surface area contributed by atoms with Gasteiger partial charge in [-0.25, -0.2) is 4.98 Å². The second kappa shape index (κ2) is 5.97. The molecule has 0 radical (unpaired) electrons. The highest BCUT2D eigenvalue weighted by atomic mass is 32.1.